The Morgan fingerprint density at radius 3 is 2.50 bits per heavy atom. The molecule has 0 aromatic heterocycles. The van der Waals surface area contributed by atoms with Crippen LogP contribution in [0.4, 0.5) is 0 Å². The maximum atomic E-state index is 4.35. The first-order valence-corrected chi connectivity index (χ1v) is 8.76. The Morgan fingerprint density at radius 1 is 1.17 bits per heavy atom. The van der Waals surface area contributed by atoms with Crippen LogP contribution in [-0.4, -0.2) is 43.1 Å². The maximum absolute atomic E-state index is 4.35. The molecule has 1 aromatic carbocycles. The molecule has 1 saturated heterocycles. The Hall–Kier alpha value is -0.820. The van der Waals surface area contributed by atoms with E-state index in [9.17, 15) is 0 Å². The highest BCUT2D eigenvalue weighted by Gasteiger charge is 2.27. The van der Waals surface area contributed by atoms with E-state index in [1.165, 1.54) is 43.5 Å². The lowest BCUT2D eigenvalue weighted by molar-refractivity contribution is 0.0982. The predicted molar refractivity (Wildman–Crippen MR) is 114 cm³/mol. The number of likely N-dealkylation sites (tertiary alicyclic amines) is 1. The Kier molecular flexibility index (Phi) is 9.05. The number of aryl methyl sites for hydroxylation is 1. The summed E-state index contributed by atoms with van der Waals surface area (Å²) in [7, 11) is 1.83. The zero-order valence-electron chi connectivity index (χ0n) is 15.6. The van der Waals surface area contributed by atoms with Crippen LogP contribution in [0.1, 0.15) is 44.2 Å². The average Bonchev–Trinajstić information content (AvgIpc) is 2.56. The molecular weight excluding hydrogens is 411 g/mol. The molecule has 136 valence electrons. The molecule has 0 aliphatic carbocycles. The van der Waals surface area contributed by atoms with Gasteiger partial charge in [0, 0.05) is 25.7 Å². The summed E-state index contributed by atoms with van der Waals surface area (Å²) in [6, 6.07) is 8.57. The number of hydrogen-bond acceptors (Lipinski definition) is 2. The first-order valence-electron chi connectivity index (χ1n) is 8.76. The van der Waals surface area contributed by atoms with E-state index < -0.39 is 0 Å². The molecule has 2 N–H and O–H groups in total. The second-order valence-electron chi connectivity index (χ2n) is 7.13. The van der Waals surface area contributed by atoms with Crippen LogP contribution in [0, 0.1) is 6.92 Å². The van der Waals surface area contributed by atoms with Gasteiger partial charge in [0.15, 0.2) is 5.96 Å². The Bertz CT molecular complexity index is 522. The average molecular weight is 444 g/mol. The molecule has 1 heterocycles. The molecule has 2 rings (SSSR count). The van der Waals surface area contributed by atoms with E-state index in [0.717, 1.165) is 19.0 Å². The van der Waals surface area contributed by atoms with Gasteiger partial charge in [-0.15, -0.1) is 24.0 Å². The zero-order chi connectivity index (χ0) is 16.7. The topological polar surface area (TPSA) is 39.7 Å². The second kappa shape index (κ2) is 10.2. The van der Waals surface area contributed by atoms with Crippen molar-refractivity contribution in [3.63, 3.8) is 0 Å². The maximum Gasteiger partial charge on any atom is 0.191 e. The van der Waals surface area contributed by atoms with E-state index in [1.807, 2.05) is 7.05 Å². The van der Waals surface area contributed by atoms with Gasteiger partial charge in [-0.05, 0) is 52.3 Å². The van der Waals surface area contributed by atoms with Crippen LogP contribution in [0.25, 0.3) is 0 Å². The summed E-state index contributed by atoms with van der Waals surface area (Å²) in [4.78, 5) is 6.94. The van der Waals surface area contributed by atoms with Crippen molar-refractivity contribution in [1.29, 1.82) is 0 Å². The number of piperidine rings is 1. The highest BCUT2D eigenvalue weighted by atomic mass is 127. The Morgan fingerprint density at radius 2 is 1.88 bits per heavy atom. The quantitative estimate of drug-likeness (QED) is 0.415. The minimum absolute atomic E-state index is 0. The molecule has 0 atom stereocenters. The highest BCUT2D eigenvalue weighted by Crippen LogP contribution is 2.19. The van der Waals surface area contributed by atoms with Crippen LogP contribution >= 0.6 is 24.0 Å². The van der Waals surface area contributed by atoms with E-state index >= 15 is 0 Å². The van der Waals surface area contributed by atoms with Gasteiger partial charge in [0.1, 0.15) is 0 Å². The number of aliphatic imine (C=N–C) groups is 1. The zero-order valence-corrected chi connectivity index (χ0v) is 17.9. The third-order valence-corrected chi connectivity index (χ3v) is 4.67. The fraction of sp³-hybridized carbons (Fsp3) is 0.632. The molecular formula is C19H33IN4. The minimum atomic E-state index is 0. The van der Waals surface area contributed by atoms with Gasteiger partial charge in [-0.2, -0.15) is 0 Å². The smallest absolute Gasteiger partial charge is 0.191 e. The third-order valence-electron chi connectivity index (χ3n) is 4.67. The van der Waals surface area contributed by atoms with Gasteiger partial charge < -0.3 is 10.6 Å². The van der Waals surface area contributed by atoms with E-state index in [4.69, 9.17) is 0 Å². The fourth-order valence-electron chi connectivity index (χ4n) is 3.14. The third kappa shape index (κ3) is 6.59. The van der Waals surface area contributed by atoms with Crippen molar-refractivity contribution >= 4 is 29.9 Å². The Labute approximate surface area is 164 Å². The fourth-order valence-corrected chi connectivity index (χ4v) is 3.14. The second-order valence-corrected chi connectivity index (χ2v) is 7.13. The van der Waals surface area contributed by atoms with Crippen molar-refractivity contribution in [3.8, 4) is 0 Å². The molecule has 1 aromatic rings. The standard InChI is InChI=1S/C19H32N4.HI/c1-16-9-8-10-17(13-16)14-21-18(20-4)22-15-19(2,3)23-11-6-5-7-12-23;/h8-10,13H,5-7,11-12,14-15H2,1-4H3,(H2,20,21,22);1H. The van der Waals surface area contributed by atoms with E-state index in [2.05, 4.69) is 65.6 Å². The van der Waals surface area contributed by atoms with E-state index in [0.29, 0.717) is 0 Å². The number of hydrogen-bond donors (Lipinski definition) is 2. The number of benzene rings is 1. The summed E-state index contributed by atoms with van der Waals surface area (Å²) < 4.78 is 0. The Balaban J connectivity index is 0.00000288. The molecule has 0 bridgehead atoms. The lowest BCUT2D eigenvalue weighted by Gasteiger charge is -2.41. The number of nitrogens with one attached hydrogen (secondary N) is 2. The highest BCUT2D eigenvalue weighted by molar-refractivity contribution is 14.0. The molecule has 1 aliphatic heterocycles. The summed E-state index contributed by atoms with van der Waals surface area (Å²) >= 11 is 0. The summed E-state index contributed by atoms with van der Waals surface area (Å²) in [6.07, 6.45) is 4.02. The van der Waals surface area contributed by atoms with Crippen molar-refractivity contribution in [1.82, 2.24) is 15.5 Å². The summed E-state index contributed by atoms with van der Waals surface area (Å²) in [6.45, 7) is 10.9. The molecule has 0 spiro atoms. The van der Waals surface area contributed by atoms with Crippen molar-refractivity contribution in [2.24, 2.45) is 4.99 Å². The first kappa shape index (κ1) is 21.2. The number of nitrogens with zero attached hydrogens (tertiary/aromatic N) is 2. The van der Waals surface area contributed by atoms with E-state index in [1.54, 1.807) is 0 Å². The number of halogens is 1. The van der Waals surface area contributed by atoms with Gasteiger partial charge in [-0.1, -0.05) is 36.2 Å². The molecule has 0 radical (unpaired) electrons. The van der Waals surface area contributed by atoms with Gasteiger partial charge in [-0.25, -0.2) is 0 Å². The lowest BCUT2D eigenvalue weighted by Crippen LogP contribution is -2.54. The predicted octanol–water partition coefficient (Wildman–Crippen LogP) is 3.54. The molecule has 0 unspecified atom stereocenters. The van der Waals surface area contributed by atoms with Crippen LogP contribution in [0.2, 0.25) is 0 Å². The molecule has 0 saturated carbocycles. The largest absolute Gasteiger partial charge is 0.355 e. The molecule has 1 aliphatic rings. The molecule has 4 nitrogen and oxygen atoms in total. The number of guanidine groups is 1. The van der Waals surface area contributed by atoms with Gasteiger partial charge in [-0.3, -0.25) is 9.89 Å². The van der Waals surface area contributed by atoms with Crippen LogP contribution in [-0.2, 0) is 6.54 Å². The van der Waals surface area contributed by atoms with Gasteiger partial charge in [0.05, 0.1) is 0 Å². The summed E-state index contributed by atoms with van der Waals surface area (Å²) in [5, 5.41) is 6.90. The summed E-state index contributed by atoms with van der Waals surface area (Å²) in [5.74, 6) is 0.872. The van der Waals surface area contributed by atoms with Crippen molar-refractivity contribution < 1.29 is 0 Å². The monoisotopic (exact) mass is 444 g/mol. The van der Waals surface area contributed by atoms with Crippen LogP contribution in [0.15, 0.2) is 29.3 Å². The molecule has 24 heavy (non-hydrogen) atoms. The molecule has 0 amide bonds. The molecule has 5 heteroatoms. The normalized spacial score (nSPS) is 16.4. The van der Waals surface area contributed by atoms with Gasteiger partial charge in [0.25, 0.3) is 0 Å². The first-order chi connectivity index (χ1) is 11.0. The van der Waals surface area contributed by atoms with Gasteiger partial charge >= 0.3 is 0 Å². The van der Waals surface area contributed by atoms with Crippen molar-refractivity contribution in [2.45, 2.75) is 52.1 Å². The van der Waals surface area contributed by atoms with Crippen LogP contribution < -0.4 is 10.6 Å². The lowest BCUT2D eigenvalue weighted by atomic mass is 9.98. The van der Waals surface area contributed by atoms with Crippen LogP contribution in [0.3, 0.4) is 0 Å². The minimum Gasteiger partial charge on any atom is -0.355 e. The van der Waals surface area contributed by atoms with Crippen molar-refractivity contribution in [2.75, 3.05) is 26.7 Å². The SMILES string of the molecule is CN=C(NCc1cccc(C)c1)NCC(C)(C)N1CCCCC1.I. The van der Waals surface area contributed by atoms with E-state index in [-0.39, 0.29) is 29.5 Å². The van der Waals surface area contributed by atoms with Crippen molar-refractivity contribution in [3.05, 3.63) is 35.4 Å². The summed E-state index contributed by atoms with van der Waals surface area (Å²) in [5.41, 5.74) is 2.73. The number of rotatable bonds is 5. The van der Waals surface area contributed by atoms with Gasteiger partial charge in [0.2, 0.25) is 0 Å². The molecule has 1 fully saturated rings. The van der Waals surface area contributed by atoms with Crippen LogP contribution in [0.5, 0.6) is 0 Å².